The van der Waals surface area contributed by atoms with Crippen molar-refractivity contribution in [3.05, 3.63) is 34.9 Å². The van der Waals surface area contributed by atoms with E-state index in [4.69, 9.17) is 5.73 Å². The summed E-state index contributed by atoms with van der Waals surface area (Å²) in [5.74, 6) is 0. The fourth-order valence-electron chi connectivity index (χ4n) is 1.41. The van der Waals surface area contributed by atoms with Gasteiger partial charge in [-0.2, -0.15) is 0 Å². The third-order valence-corrected chi connectivity index (χ3v) is 2.50. The molecule has 2 aromatic heterocycles. The molecule has 2 N–H and O–H groups in total. The van der Waals surface area contributed by atoms with Crippen LogP contribution in [0.5, 0.6) is 0 Å². The van der Waals surface area contributed by atoms with E-state index in [9.17, 15) is 4.79 Å². The summed E-state index contributed by atoms with van der Waals surface area (Å²) < 4.78 is 2.94. The lowest BCUT2D eigenvalue weighted by atomic mass is 10.1. The van der Waals surface area contributed by atoms with Crippen LogP contribution in [0.1, 0.15) is 13.8 Å². The highest BCUT2D eigenvalue weighted by atomic mass is 16.2. The molecule has 0 unspecified atom stereocenters. The Morgan fingerprint density at radius 1 is 1.47 bits per heavy atom. The van der Waals surface area contributed by atoms with E-state index < -0.39 is 5.54 Å². The summed E-state index contributed by atoms with van der Waals surface area (Å²) in [4.78, 5) is 11.9. The van der Waals surface area contributed by atoms with Gasteiger partial charge in [0.15, 0.2) is 5.65 Å². The Labute approximate surface area is 87.1 Å². The lowest BCUT2D eigenvalue weighted by molar-refractivity contribution is 0.320. The molecular formula is C10H14N4O. The van der Waals surface area contributed by atoms with Gasteiger partial charge in [0, 0.05) is 12.7 Å². The zero-order chi connectivity index (χ0) is 11.1. The SMILES string of the molecule is CC(C)(CN)n1nc2ccccn2c1=O. The summed E-state index contributed by atoms with van der Waals surface area (Å²) >= 11 is 0. The van der Waals surface area contributed by atoms with E-state index in [1.807, 2.05) is 19.9 Å². The summed E-state index contributed by atoms with van der Waals surface area (Å²) in [7, 11) is 0. The van der Waals surface area contributed by atoms with Crippen molar-refractivity contribution in [2.45, 2.75) is 19.4 Å². The standard InChI is InChI=1S/C10H14N4O/c1-10(2,7-11)14-9(15)13-6-4-3-5-8(13)12-14/h3-6H,7,11H2,1-2H3. The van der Waals surface area contributed by atoms with E-state index in [-0.39, 0.29) is 5.69 Å². The van der Waals surface area contributed by atoms with Gasteiger partial charge in [-0.05, 0) is 26.0 Å². The average Bonchev–Trinajstić information content (AvgIpc) is 2.58. The van der Waals surface area contributed by atoms with Crippen LogP contribution in [0, 0.1) is 0 Å². The van der Waals surface area contributed by atoms with Crippen LogP contribution in [0.25, 0.3) is 5.65 Å². The molecule has 0 amide bonds. The molecule has 5 nitrogen and oxygen atoms in total. The summed E-state index contributed by atoms with van der Waals surface area (Å²) in [6, 6.07) is 5.45. The summed E-state index contributed by atoms with van der Waals surface area (Å²) in [5, 5.41) is 4.24. The zero-order valence-corrected chi connectivity index (χ0v) is 8.84. The Balaban J connectivity index is 2.74. The largest absolute Gasteiger partial charge is 0.350 e. The number of fused-ring (bicyclic) bond motifs is 1. The van der Waals surface area contributed by atoms with Crippen molar-refractivity contribution in [2.75, 3.05) is 6.54 Å². The molecular weight excluding hydrogens is 192 g/mol. The number of hydrogen-bond donors (Lipinski definition) is 1. The molecule has 0 spiro atoms. The third kappa shape index (κ3) is 1.45. The minimum atomic E-state index is -0.455. The van der Waals surface area contributed by atoms with Gasteiger partial charge in [0.25, 0.3) is 0 Å². The molecule has 0 aliphatic carbocycles. The molecule has 0 bridgehead atoms. The zero-order valence-electron chi connectivity index (χ0n) is 8.84. The first kappa shape index (κ1) is 9.92. The maximum atomic E-state index is 11.9. The lowest BCUT2D eigenvalue weighted by Gasteiger charge is -2.20. The Morgan fingerprint density at radius 3 is 2.80 bits per heavy atom. The normalized spacial score (nSPS) is 12.2. The molecule has 0 radical (unpaired) electrons. The molecule has 0 aliphatic heterocycles. The molecule has 0 saturated carbocycles. The minimum Gasteiger partial charge on any atom is -0.328 e. The Bertz CT molecular complexity index is 538. The highest BCUT2D eigenvalue weighted by Gasteiger charge is 2.23. The number of nitrogens with zero attached hydrogens (tertiary/aromatic N) is 3. The van der Waals surface area contributed by atoms with Crippen molar-refractivity contribution >= 4 is 5.65 Å². The van der Waals surface area contributed by atoms with Crippen LogP contribution in [0.3, 0.4) is 0 Å². The molecule has 2 rings (SSSR count). The van der Waals surface area contributed by atoms with Crippen molar-refractivity contribution in [3.63, 3.8) is 0 Å². The van der Waals surface area contributed by atoms with Crippen LogP contribution in [0.4, 0.5) is 0 Å². The Kier molecular flexibility index (Phi) is 2.12. The summed E-state index contributed by atoms with van der Waals surface area (Å²) in [6.45, 7) is 4.15. The van der Waals surface area contributed by atoms with Crippen molar-refractivity contribution in [1.82, 2.24) is 14.2 Å². The van der Waals surface area contributed by atoms with Gasteiger partial charge in [-0.25, -0.2) is 9.48 Å². The van der Waals surface area contributed by atoms with Crippen molar-refractivity contribution < 1.29 is 0 Å². The average molecular weight is 206 g/mol. The fourth-order valence-corrected chi connectivity index (χ4v) is 1.41. The van der Waals surface area contributed by atoms with Crippen LogP contribution in [0.2, 0.25) is 0 Å². The second kappa shape index (κ2) is 3.20. The predicted molar refractivity (Wildman–Crippen MR) is 57.8 cm³/mol. The number of pyridine rings is 1. The molecule has 15 heavy (non-hydrogen) atoms. The van der Waals surface area contributed by atoms with Crippen LogP contribution in [-0.2, 0) is 5.54 Å². The maximum absolute atomic E-state index is 11.9. The summed E-state index contributed by atoms with van der Waals surface area (Å²) in [5.41, 5.74) is 5.66. The molecule has 2 aromatic rings. The number of aromatic nitrogens is 3. The van der Waals surface area contributed by atoms with Gasteiger partial charge in [0.2, 0.25) is 0 Å². The maximum Gasteiger partial charge on any atom is 0.350 e. The second-order valence-corrected chi connectivity index (χ2v) is 4.14. The topological polar surface area (TPSA) is 65.3 Å². The van der Waals surface area contributed by atoms with E-state index >= 15 is 0 Å². The van der Waals surface area contributed by atoms with E-state index in [2.05, 4.69) is 5.10 Å². The molecule has 5 heteroatoms. The van der Waals surface area contributed by atoms with Gasteiger partial charge >= 0.3 is 5.69 Å². The van der Waals surface area contributed by atoms with E-state index in [0.29, 0.717) is 12.2 Å². The Hall–Kier alpha value is -1.62. The van der Waals surface area contributed by atoms with Gasteiger partial charge in [0.05, 0.1) is 5.54 Å². The van der Waals surface area contributed by atoms with E-state index in [1.54, 1.807) is 18.3 Å². The van der Waals surface area contributed by atoms with Crippen LogP contribution >= 0.6 is 0 Å². The van der Waals surface area contributed by atoms with E-state index in [1.165, 1.54) is 9.08 Å². The molecule has 0 aliphatic rings. The highest BCUT2D eigenvalue weighted by Crippen LogP contribution is 2.09. The smallest absolute Gasteiger partial charge is 0.328 e. The van der Waals surface area contributed by atoms with Crippen LogP contribution in [0.15, 0.2) is 29.2 Å². The predicted octanol–water partition coefficient (Wildman–Crippen LogP) is 0.190. The van der Waals surface area contributed by atoms with Gasteiger partial charge in [0.1, 0.15) is 0 Å². The van der Waals surface area contributed by atoms with Gasteiger partial charge < -0.3 is 5.73 Å². The highest BCUT2D eigenvalue weighted by molar-refractivity contribution is 5.35. The third-order valence-electron chi connectivity index (χ3n) is 2.50. The second-order valence-electron chi connectivity index (χ2n) is 4.14. The molecule has 0 atom stereocenters. The van der Waals surface area contributed by atoms with Gasteiger partial charge in [-0.1, -0.05) is 6.07 Å². The van der Waals surface area contributed by atoms with Gasteiger partial charge in [-0.15, -0.1) is 5.10 Å². The minimum absolute atomic E-state index is 0.152. The fraction of sp³-hybridized carbons (Fsp3) is 0.400. The van der Waals surface area contributed by atoms with Crippen molar-refractivity contribution in [2.24, 2.45) is 5.73 Å². The van der Waals surface area contributed by atoms with Crippen LogP contribution < -0.4 is 11.4 Å². The number of nitrogens with two attached hydrogens (primary N) is 1. The first-order chi connectivity index (χ1) is 7.06. The first-order valence-electron chi connectivity index (χ1n) is 4.83. The van der Waals surface area contributed by atoms with Gasteiger partial charge in [-0.3, -0.25) is 4.40 Å². The van der Waals surface area contributed by atoms with Crippen molar-refractivity contribution in [1.29, 1.82) is 0 Å². The Morgan fingerprint density at radius 2 is 2.20 bits per heavy atom. The first-order valence-corrected chi connectivity index (χ1v) is 4.83. The molecule has 80 valence electrons. The molecule has 0 aromatic carbocycles. The summed E-state index contributed by atoms with van der Waals surface area (Å²) in [6.07, 6.45) is 1.70. The molecule has 0 fully saturated rings. The van der Waals surface area contributed by atoms with Crippen LogP contribution in [-0.4, -0.2) is 20.7 Å². The lowest BCUT2D eigenvalue weighted by Crippen LogP contribution is -2.42. The monoisotopic (exact) mass is 206 g/mol. The van der Waals surface area contributed by atoms with E-state index in [0.717, 1.165) is 0 Å². The quantitative estimate of drug-likeness (QED) is 0.762. The number of rotatable bonds is 2. The molecule has 0 saturated heterocycles. The number of hydrogen-bond acceptors (Lipinski definition) is 3. The van der Waals surface area contributed by atoms with Crippen molar-refractivity contribution in [3.8, 4) is 0 Å². The molecule has 2 heterocycles.